The van der Waals surface area contributed by atoms with Crippen molar-refractivity contribution in [3.8, 4) is 11.4 Å². The Hall–Kier alpha value is -3.00. The van der Waals surface area contributed by atoms with E-state index in [9.17, 15) is 17.6 Å². The van der Waals surface area contributed by atoms with Gasteiger partial charge in [0.2, 0.25) is 0 Å². The van der Waals surface area contributed by atoms with Gasteiger partial charge in [0.25, 0.3) is 0 Å². The molecule has 0 spiro atoms. The van der Waals surface area contributed by atoms with E-state index in [0.29, 0.717) is 11.4 Å². The largest absolute Gasteiger partial charge is 0.366 e. The summed E-state index contributed by atoms with van der Waals surface area (Å²) in [5.41, 5.74) is 1.09. The third-order valence-corrected chi connectivity index (χ3v) is 6.12. The first-order chi connectivity index (χ1) is 14.4. The number of thiophene rings is 1. The third kappa shape index (κ3) is 3.41. The second-order valence-corrected chi connectivity index (χ2v) is 8.60. The van der Waals surface area contributed by atoms with Crippen LogP contribution in [-0.4, -0.2) is 16.0 Å². The fraction of sp³-hybridized carbons (Fsp3) is 0.182. The molecule has 1 aliphatic rings. The van der Waals surface area contributed by atoms with Crippen LogP contribution in [0.25, 0.3) is 21.6 Å². The summed E-state index contributed by atoms with van der Waals surface area (Å²) in [4.78, 5) is 10.8. The van der Waals surface area contributed by atoms with Crippen LogP contribution >= 0.6 is 11.3 Å². The van der Waals surface area contributed by atoms with E-state index in [0.717, 1.165) is 45.3 Å². The monoisotopic (exact) mass is 429 g/mol. The van der Waals surface area contributed by atoms with Crippen molar-refractivity contribution < 1.29 is 17.6 Å². The van der Waals surface area contributed by atoms with Crippen LogP contribution in [0.1, 0.15) is 22.8 Å². The van der Waals surface area contributed by atoms with Gasteiger partial charge in [-0.05, 0) is 55.3 Å². The van der Waals surface area contributed by atoms with Crippen LogP contribution in [0.2, 0.25) is 0 Å². The molecule has 8 heteroatoms. The Balaban J connectivity index is 1.49. The van der Waals surface area contributed by atoms with Crippen LogP contribution in [0.15, 0.2) is 42.5 Å². The lowest BCUT2D eigenvalue weighted by molar-refractivity contribution is 0.507. The number of hydrogen-bond donors (Lipinski definition) is 1. The topological polar surface area (TPSA) is 37.8 Å². The van der Waals surface area contributed by atoms with Gasteiger partial charge in [0, 0.05) is 22.4 Å². The van der Waals surface area contributed by atoms with Crippen molar-refractivity contribution in [3.05, 3.63) is 76.2 Å². The number of nitrogens with zero attached hydrogens (tertiary/aromatic N) is 2. The number of halogens is 4. The summed E-state index contributed by atoms with van der Waals surface area (Å²) in [5, 5.41) is 4.20. The van der Waals surface area contributed by atoms with Crippen LogP contribution in [0.3, 0.4) is 0 Å². The fourth-order valence-corrected chi connectivity index (χ4v) is 4.44. The van der Waals surface area contributed by atoms with Crippen LogP contribution in [0, 0.1) is 30.2 Å². The first kappa shape index (κ1) is 19.0. The van der Waals surface area contributed by atoms with Crippen molar-refractivity contribution in [1.82, 2.24) is 9.97 Å². The van der Waals surface area contributed by atoms with E-state index >= 15 is 0 Å². The van der Waals surface area contributed by atoms with Gasteiger partial charge in [-0.1, -0.05) is 6.07 Å². The number of hydrogen-bond acceptors (Lipinski definition) is 4. The van der Waals surface area contributed by atoms with E-state index in [1.54, 1.807) is 6.07 Å². The lowest BCUT2D eigenvalue weighted by Crippen LogP contribution is -2.07. The molecule has 2 aromatic carbocycles. The Bertz CT molecular complexity index is 1290. The average Bonchev–Trinajstić information content (AvgIpc) is 3.36. The maximum absolute atomic E-state index is 13.7. The van der Waals surface area contributed by atoms with Gasteiger partial charge in [-0.2, -0.15) is 0 Å². The average molecular weight is 429 g/mol. The van der Waals surface area contributed by atoms with Gasteiger partial charge in [0.15, 0.2) is 29.1 Å². The molecule has 0 bridgehead atoms. The van der Waals surface area contributed by atoms with E-state index in [1.807, 2.05) is 13.0 Å². The Morgan fingerprint density at radius 3 is 2.37 bits per heavy atom. The van der Waals surface area contributed by atoms with Gasteiger partial charge in [-0.3, -0.25) is 0 Å². The van der Waals surface area contributed by atoms with Crippen molar-refractivity contribution in [3.63, 3.8) is 0 Å². The molecule has 0 aliphatic heterocycles. The normalized spacial score (nSPS) is 18.0. The molecule has 2 heterocycles. The molecular weight excluding hydrogens is 414 g/mol. The lowest BCUT2D eigenvalue weighted by atomic mass is 10.1. The van der Waals surface area contributed by atoms with Gasteiger partial charge < -0.3 is 5.32 Å². The van der Waals surface area contributed by atoms with Gasteiger partial charge in [-0.25, -0.2) is 27.5 Å². The maximum atomic E-state index is 13.7. The van der Waals surface area contributed by atoms with Crippen LogP contribution in [0.5, 0.6) is 0 Å². The Kier molecular flexibility index (Phi) is 4.47. The smallest absolute Gasteiger partial charge is 0.163 e. The predicted molar refractivity (Wildman–Crippen MR) is 109 cm³/mol. The number of rotatable bonds is 4. The highest BCUT2D eigenvalue weighted by molar-refractivity contribution is 7.18. The Labute approximate surface area is 173 Å². The highest BCUT2D eigenvalue weighted by Gasteiger charge is 2.39. The molecule has 0 saturated heterocycles. The van der Waals surface area contributed by atoms with Crippen molar-refractivity contribution >= 4 is 27.4 Å². The number of anilines is 1. The zero-order valence-electron chi connectivity index (χ0n) is 15.7. The summed E-state index contributed by atoms with van der Waals surface area (Å²) in [6.45, 7) is 1.95. The van der Waals surface area contributed by atoms with Gasteiger partial charge in [0.05, 0.1) is 5.39 Å². The van der Waals surface area contributed by atoms with Crippen molar-refractivity contribution in [2.75, 3.05) is 5.32 Å². The number of fused-ring (bicyclic) bond motifs is 1. The molecule has 1 fully saturated rings. The molecule has 2 aromatic heterocycles. The number of benzene rings is 2. The molecule has 1 saturated carbocycles. The standard InChI is InChI=1S/C22H15F4N3S/c1-10-6-14-21(27-19-9-13(19)11-2-4-15(23)17(25)7-11)28-20(29-22(14)30-10)12-3-5-16(24)18(26)8-12/h2-8,13,19H,9H2,1H3,(H,27,28,29)/t13-,19+/m0/s1. The number of aromatic nitrogens is 2. The maximum Gasteiger partial charge on any atom is 0.163 e. The molecule has 0 amide bonds. The van der Waals surface area contributed by atoms with E-state index in [4.69, 9.17) is 0 Å². The van der Waals surface area contributed by atoms with Gasteiger partial charge >= 0.3 is 0 Å². The van der Waals surface area contributed by atoms with E-state index in [2.05, 4.69) is 15.3 Å². The molecule has 1 N–H and O–H groups in total. The second kappa shape index (κ2) is 7.05. The Morgan fingerprint density at radius 1 is 0.900 bits per heavy atom. The van der Waals surface area contributed by atoms with E-state index in [1.165, 1.54) is 23.5 Å². The fourth-order valence-electron chi connectivity index (χ4n) is 3.56. The number of aryl methyl sites for hydroxylation is 1. The number of nitrogens with one attached hydrogen (secondary N) is 1. The zero-order valence-corrected chi connectivity index (χ0v) is 16.5. The van der Waals surface area contributed by atoms with Crippen molar-refractivity contribution in [1.29, 1.82) is 0 Å². The molecule has 152 valence electrons. The lowest BCUT2D eigenvalue weighted by Gasteiger charge is -2.09. The summed E-state index contributed by atoms with van der Waals surface area (Å²) in [6, 6.07) is 9.46. The highest BCUT2D eigenvalue weighted by Crippen LogP contribution is 2.44. The third-order valence-electron chi connectivity index (χ3n) is 5.18. The highest BCUT2D eigenvalue weighted by atomic mass is 32.1. The van der Waals surface area contributed by atoms with Crippen LogP contribution < -0.4 is 5.32 Å². The summed E-state index contributed by atoms with van der Waals surface area (Å²) in [6.07, 6.45) is 0.750. The zero-order chi connectivity index (χ0) is 21.0. The summed E-state index contributed by atoms with van der Waals surface area (Å²) >= 11 is 1.48. The van der Waals surface area contributed by atoms with E-state index in [-0.39, 0.29) is 17.8 Å². The molecule has 2 atom stereocenters. The summed E-state index contributed by atoms with van der Waals surface area (Å²) in [7, 11) is 0. The predicted octanol–water partition coefficient (Wildman–Crippen LogP) is 6.19. The first-order valence-electron chi connectivity index (χ1n) is 9.34. The molecule has 1 aliphatic carbocycles. The Morgan fingerprint density at radius 2 is 1.63 bits per heavy atom. The van der Waals surface area contributed by atoms with Crippen LogP contribution in [0.4, 0.5) is 23.4 Å². The molecule has 5 rings (SSSR count). The molecular formula is C22H15F4N3S. The molecule has 3 nitrogen and oxygen atoms in total. The minimum atomic E-state index is -0.964. The van der Waals surface area contributed by atoms with Gasteiger partial charge in [-0.15, -0.1) is 11.3 Å². The van der Waals surface area contributed by atoms with Crippen LogP contribution in [-0.2, 0) is 0 Å². The quantitative estimate of drug-likeness (QED) is 0.393. The summed E-state index contributed by atoms with van der Waals surface area (Å²) in [5.74, 6) is -2.72. The molecule has 4 aromatic rings. The minimum Gasteiger partial charge on any atom is -0.366 e. The van der Waals surface area contributed by atoms with Gasteiger partial charge in [0.1, 0.15) is 10.6 Å². The molecule has 30 heavy (non-hydrogen) atoms. The summed E-state index contributed by atoms with van der Waals surface area (Å²) < 4.78 is 53.8. The van der Waals surface area contributed by atoms with E-state index < -0.39 is 23.3 Å². The minimum absolute atomic E-state index is 0.00553. The first-order valence-corrected chi connectivity index (χ1v) is 10.2. The second-order valence-electron chi connectivity index (χ2n) is 7.37. The van der Waals surface area contributed by atoms with Crippen molar-refractivity contribution in [2.45, 2.75) is 25.3 Å². The molecule has 0 radical (unpaired) electrons. The molecule has 0 unspecified atom stereocenters. The van der Waals surface area contributed by atoms with Crippen molar-refractivity contribution in [2.24, 2.45) is 0 Å². The SMILES string of the molecule is Cc1cc2c(N[C@@H]3C[C@H]3c3ccc(F)c(F)c3)nc(-c3ccc(F)c(F)c3)nc2s1.